The molecule has 2 aliphatic heterocycles. The first-order valence-corrected chi connectivity index (χ1v) is 14.5. The molecule has 2 fully saturated rings. The Balaban J connectivity index is 0.000000302. The number of benzene rings is 2. The molecule has 0 aliphatic carbocycles. The second-order valence-electron chi connectivity index (χ2n) is 11.9. The van der Waals surface area contributed by atoms with Crippen molar-refractivity contribution in [2.45, 2.75) is 65.9 Å². The van der Waals surface area contributed by atoms with E-state index in [4.69, 9.17) is 14.2 Å². The van der Waals surface area contributed by atoms with Crippen molar-refractivity contribution in [2.75, 3.05) is 40.4 Å². The van der Waals surface area contributed by atoms with Gasteiger partial charge in [0, 0.05) is 36.1 Å². The summed E-state index contributed by atoms with van der Waals surface area (Å²) >= 11 is 0. The van der Waals surface area contributed by atoms with Crippen LogP contribution in [0.2, 0.25) is 0 Å². The Bertz CT molecular complexity index is 1210. The molecule has 4 rings (SSSR count). The van der Waals surface area contributed by atoms with Crippen LogP contribution in [-0.2, 0) is 4.74 Å². The summed E-state index contributed by atoms with van der Waals surface area (Å²) in [5.74, 6) is 2.18. The summed E-state index contributed by atoms with van der Waals surface area (Å²) in [5.41, 5.74) is 3.01. The van der Waals surface area contributed by atoms with Crippen LogP contribution in [-0.4, -0.2) is 68.6 Å². The molecule has 2 saturated heterocycles. The Morgan fingerprint density at radius 1 is 0.762 bits per heavy atom. The predicted octanol–water partition coefficient (Wildman–Crippen LogP) is 6.44. The normalized spacial score (nSPS) is 15.9. The van der Waals surface area contributed by atoms with Gasteiger partial charge >= 0.3 is 6.09 Å². The second kappa shape index (κ2) is 15.9. The molecule has 0 spiro atoms. The van der Waals surface area contributed by atoms with E-state index in [9.17, 15) is 14.4 Å². The molecule has 0 unspecified atom stereocenters. The molecule has 1 N–H and O–H groups in total. The molecule has 2 aliphatic rings. The Hall–Kier alpha value is -3.10. The Labute approximate surface area is 256 Å². The third-order valence-corrected chi connectivity index (χ3v) is 7.59. The molecule has 2 aromatic carbocycles. The number of halogens is 1. The number of carbonyl (C=O) groups excluding carboxylic acids is 3. The molecule has 1 amide bonds. The summed E-state index contributed by atoms with van der Waals surface area (Å²) in [7, 11) is 3.27. The number of rotatable bonds is 6. The van der Waals surface area contributed by atoms with Gasteiger partial charge < -0.3 is 24.4 Å². The van der Waals surface area contributed by atoms with Gasteiger partial charge in [0.2, 0.25) is 0 Å². The number of Topliss-reactive ketones (excluding diaryl/α,β-unsaturated/α-hetero) is 2. The number of likely N-dealkylation sites (tertiary alicyclic amines) is 1. The highest BCUT2D eigenvalue weighted by Gasteiger charge is 2.30. The maximum absolute atomic E-state index is 12.7. The zero-order valence-electron chi connectivity index (χ0n) is 26.1. The van der Waals surface area contributed by atoms with E-state index < -0.39 is 5.60 Å². The number of nitrogens with one attached hydrogen (secondary N) is 1. The summed E-state index contributed by atoms with van der Waals surface area (Å²) < 4.78 is 15.8. The van der Waals surface area contributed by atoms with Crippen LogP contribution < -0.4 is 14.8 Å². The van der Waals surface area contributed by atoms with Crippen LogP contribution >= 0.6 is 12.4 Å². The van der Waals surface area contributed by atoms with Crippen molar-refractivity contribution in [1.82, 2.24) is 10.2 Å². The zero-order chi connectivity index (χ0) is 30.2. The van der Waals surface area contributed by atoms with Crippen molar-refractivity contribution in [3.05, 3.63) is 58.7 Å². The van der Waals surface area contributed by atoms with Crippen molar-refractivity contribution in [1.29, 1.82) is 0 Å². The summed E-state index contributed by atoms with van der Waals surface area (Å²) in [5, 5.41) is 3.28. The molecule has 0 atom stereocenters. The molecule has 0 bridgehead atoms. The first-order chi connectivity index (χ1) is 19.4. The highest BCUT2D eigenvalue weighted by Crippen LogP contribution is 2.26. The van der Waals surface area contributed by atoms with Gasteiger partial charge in [-0.05, 0) is 121 Å². The number of piperidine rings is 2. The third kappa shape index (κ3) is 9.73. The van der Waals surface area contributed by atoms with E-state index in [0.717, 1.165) is 54.1 Å². The number of ether oxygens (including phenoxy) is 3. The second-order valence-corrected chi connectivity index (χ2v) is 11.9. The summed E-state index contributed by atoms with van der Waals surface area (Å²) in [6, 6.07) is 11.2. The zero-order valence-corrected chi connectivity index (χ0v) is 26.9. The quantitative estimate of drug-likeness (QED) is 0.380. The summed E-state index contributed by atoms with van der Waals surface area (Å²) in [4.78, 5) is 38.7. The predicted molar refractivity (Wildman–Crippen MR) is 167 cm³/mol. The Morgan fingerprint density at radius 2 is 1.19 bits per heavy atom. The van der Waals surface area contributed by atoms with Crippen molar-refractivity contribution >= 4 is 30.1 Å². The number of methoxy groups -OCH3 is 2. The van der Waals surface area contributed by atoms with Gasteiger partial charge in [-0.3, -0.25) is 9.59 Å². The lowest BCUT2D eigenvalue weighted by Crippen LogP contribution is -2.43. The molecule has 0 radical (unpaired) electrons. The van der Waals surface area contributed by atoms with Crippen LogP contribution in [0.1, 0.15) is 78.3 Å². The van der Waals surface area contributed by atoms with E-state index in [1.54, 1.807) is 19.1 Å². The molecule has 9 heteroatoms. The van der Waals surface area contributed by atoms with Crippen LogP contribution in [0, 0.1) is 25.7 Å². The molecule has 8 nitrogen and oxygen atoms in total. The van der Waals surface area contributed by atoms with E-state index >= 15 is 0 Å². The number of nitrogens with zero attached hydrogens (tertiary/aromatic N) is 1. The minimum Gasteiger partial charge on any atom is -0.496 e. The van der Waals surface area contributed by atoms with E-state index in [1.165, 1.54) is 0 Å². The first-order valence-electron chi connectivity index (χ1n) is 14.5. The van der Waals surface area contributed by atoms with Crippen molar-refractivity contribution in [3.8, 4) is 11.5 Å². The Kier molecular flexibility index (Phi) is 13.3. The number of hydrogen-bond acceptors (Lipinski definition) is 7. The molecule has 0 aromatic heterocycles. The maximum atomic E-state index is 12.7. The standard InChI is InChI=1S/C19H27NO4.C14H19NO2.ClH/c1-13-12-15(6-7-16(13)23-5)17(21)14-8-10-20(11-9-14)18(22)24-19(2,3)4;1-10-9-12(3-4-13(10)17-2)14(16)11-5-7-15-8-6-11;/h6-7,12,14H,8-11H2,1-5H3;3-4,9,11,15H,5-8H2,1-2H3;1H. The highest BCUT2D eigenvalue weighted by atomic mass is 35.5. The van der Waals surface area contributed by atoms with E-state index in [2.05, 4.69) is 5.32 Å². The van der Waals surface area contributed by atoms with Gasteiger partial charge in [-0.15, -0.1) is 12.4 Å². The fourth-order valence-corrected chi connectivity index (χ4v) is 5.27. The fourth-order valence-electron chi connectivity index (χ4n) is 5.27. The van der Waals surface area contributed by atoms with E-state index in [-0.39, 0.29) is 41.9 Å². The molecule has 0 saturated carbocycles. The van der Waals surface area contributed by atoms with Gasteiger partial charge in [-0.1, -0.05) is 0 Å². The van der Waals surface area contributed by atoms with Gasteiger partial charge in [-0.25, -0.2) is 4.79 Å². The van der Waals surface area contributed by atoms with Gasteiger partial charge in [0.25, 0.3) is 0 Å². The van der Waals surface area contributed by atoms with Crippen molar-refractivity contribution in [2.24, 2.45) is 11.8 Å². The number of carbonyl (C=O) groups is 3. The largest absolute Gasteiger partial charge is 0.496 e. The third-order valence-electron chi connectivity index (χ3n) is 7.59. The van der Waals surface area contributed by atoms with E-state index in [0.29, 0.717) is 31.5 Å². The highest BCUT2D eigenvalue weighted by molar-refractivity contribution is 5.99. The lowest BCUT2D eigenvalue weighted by atomic mass is 9.88. The molecule has 2 heterocycles. The van der Waals surface area contributed by atoms with Gasteiger partial charge in [0.15, 0.2) is 11.6 Å². The molecule has 42 heavy (non-hydrogen) atoms. The van der Waals surface area contributed by atoms with Crippen LogP contribution in [0.4, 0.5) is 4.79 Å². The average Bonchev–Trinajstić information content (AvgIpc) is 2.96. The summed E-state index contributed by atoms with van der Waals surface area (Å²) in [6.07, 6.45) is 2.94. The molecular formula is C33H47ClN2O6. The lowest BCUT2D eigenvalue weighted by Gasteiger charge is -2.33. The molecular weight excluding hydrogens is 556 g/mol. The van der Waals surface area contributed by atoms with Gasteiger partial charge in [-0.2, -0.15) is 0 Å². The van der Waals surface area contributed by atoms with Crippen molar-refractivity contribution in [3.63, 3.8) is 0 Å². The van der Waals surface area contributed by atoms with Gasteiger partial charge in [0.1, 0.15) is 17.1 Å². The van der Waals surface area contributed by atoms with Crippen LogP contribution in [0.15, 0.2) is 36.4 Å². The molecule has 232 valence electrons. The fraction of sp³-hybridized carbons (Fsp3) is 0.545. The first kappa shape index (κ1) is 35.1. The SMILES string of the molecule is COc1ccc(C(=O)C2CCN(C(=O)OC(C)(C)C)CC2)cc1C.COc1ccc(C(=O)C2CCNCC2)cc1C.Cl. The van der Waals surface area contributed by atoms with Crippen LogP contribution in [0.25, 0.3) is 0 Å². The Morgan fingerprint density at radius 3 is 1.57 bits per heavy atom. The molecule has 2 aromatic rings. The minimum absolute atomic E-state index is 0. The van der Waals surface area contributed by atoms with E-state index in [1.807, 2.05) is 71.0 Å². The minimum atomic E-state index is -0.496. The number of aryl methyl sites for hydroxylation is 2. The number of ketones is 2. The number of hydrogen-bond donors (Lipinski definition) is 1. The monoisotopic (exact) mass is 602 g/mol. The summed E-state index contributed by atoms with van der Waals surface area (Å²) in [6.45, 7) is 12.5. The van der Waals surface area contributed by atoms with Gasteiger partial charge in [0.05, 0.1) is 14.2 Å². The van der Waals surface area contributed by atoms with Crippen molar-refractivity contribution < 1.29 is 28.6 Å². The maximum Gasteiger partial charge on any atom is 0.410 e. The average molecular weight is 603 g/mol. The van der Waals surface area contributed by atoms with Crippen LogP contribution in [0.5, 0.6) is 11.5 Å². The van der Waals surface area contributed by atoms with Crippen LogP contribution in [0.3, 0.4) is 0 Å². The topological polar surface area (TPSA) is 94.2 Å². The smallest absolute Gasteiger partial charge is 0.410 e. The number of amides is 1. The lowest BCUT2D eigenvalue weighted by molar-refractivity contribution is 0.0182.